The quantitative estimate of drug-likeness (QED) is 0.555. The number of nitrogens with zero attached hydrogens (tertiary/aromatic N) is 4. The van der Waals surface area contributed by atoms with E-state index in [-0.39, 0.29) is 16.9 Å². The largest absolute Gasteiger partial charge is 0.394 e. The summed E-state index contributed by atoms with van der Waals surface area (Å²) in [6.07, 6.45) is 4.60. The van der Waals surface area contributed by atoms with Crippen LogP contribution in [0.2, 0.25) is 5.02 Å². The molecule has 2 fully saturated rings. The third-order valence-corrected chi connectivity index (χ3v) is 7.79. The number of methoxy groups -OCH3 is 1. The van der Waals surface area contributed by atoms with E-state index >= 15 is 0 Å². The number of rotatable bonds is 6. The van der Waals surface area contributed by atoms with Crippen molar-refractivity contribution in [3.8, 4) is 11.3 Å². The molecule has 2 N–H and O–H groups in total. The normalized spacial score (nSPS) is 29.8. The third kappa shape index (κ3) is 4.74. The van der Waals surface area contributed by atoms with Gasteiger partial charge in [0.15, 0.2) is 0 Å². The molecule has 3 heterocycles. The molecule has 5 rings (SSSR count). The summed E-state index contributed by atoms with van der Waals surface area (Å²) in [6, 6.07) is 1.33. The van der Waals surface area contributed by atoms with Crippen LogP contribution in [0.3, 0.4) is 0 Å². The molecule has 9 nitrogen and oxygen atoms in total. The van der Waals surface area contributed by atoms with E-state index in [2.05, 4.69) is 15.5 Å². The van der Waals surface area contributed by atoms with Crippen molar-refractivity contribution >= 4 is 17.3 Å². The monoisotopic (exact) mass is 526 g/mol. The number of oxime groups is 1. The molecular weight excluding hydrogens is 498 g/mol. The molecule has 1 aliphatic carbocycles. The molecule has 0 amide bonds. The maximum atomic E-state index is 14.0. The Hall–Kier alpha value is -2.18. The van der Waals surface area contributed by atoms with Crippen molar-refractivity contribution in [1.82, 2.24) is 15.0 Å². The van der Waals surface area contributed by atoms with E-state index in [1.54, 1.807) is 0 Å². The Labute approximate surface area is 212 Å². The molecule has 3 aliphatic rings. The number of aromatic nitrogens is 3. The molecule has 1 aromatic heterocycles. The summed E-state index contributed by atoms with van der Waals surface area (Å²) in [7, 11) is 1.50. The Balaban J connectivity index is 1.39. The van der Waals surface area contributed by atoms with Gasteiger partial charge in [-0.3, -0.25) is 0 Å². The smallest absolute Gasteiger partial charge is 0.145 e. The summed E-state index contributed by atoms with van der Waals surface area (Å²) in [5.74, 6) is -1.84. The molecule has 196 valence electrons. The lowest BCUT2D eigenvalue weighted by atomic mass is 9.80. The van der Waals surface area contributed by atoms with Gasteiger partial charge in [-0.1, -0.05) is 28.4 Å². The molecule has 2 aliphatic heterocycles. The fourth-order valence-corrected chi connectivity index (χ4v) is 5.70. The molecule has 5 unspecified atom stereocenters. The third-order valence-electron chi connectivity index (χ3n) is 7.43. The summed E-state index contributed by atoms with van der Waals surface area (Å²) >= 11 is 5.59. The predicted molar refractivity (Wildman–Crippen MR) is 126 cm³/mol. The molecule has 5 atom stereocenters. The van der Waals surface area contributed by atoms with Crippen molar-refractivity contribution in [2.24, 2.45) is 5.16 Å². The van der Waals surface area contributed by atoms with Gasteiger partial charge in [-0.15, -0.1) is 5.10 Å². The van der Waals surface area contributed by atoms with E-state index in [0.717, 1.165) is 43.5 Å². The lowest BCUT2D eigenvalue weighted by molar-refractivity contribution is -0.210. The maximum absolute atomic E-state index is 14.0. The zero-order valence-electron chi connectivity index (χ0n) is 19.8. The first-order chi connectivity index (χ1) is 17.3. The maximum Gasteiger partial charge on any atom is 0.145 e. The van der Waals surface area contributed by atoms with Crippen LogP contribution in [-0.4, -0.2) is 74.7 Å². The minimum absolute atomic E-state index is 0.140. The minimum atomic E-state index is -1.18. The fraction of sp³-hybridized carbons (Fsp3) is 0.625. The molecule has 1 saturated heterocycles. The van der Waals surface area contributed by atoms with Crippen LogP contribution >= 0.6 is 11.6 Å². The van der Waals surface area contributed by atoms with Crippen LogP contribution in [0.25, 0.3) is 11.3 Å². The van der Waals surface area contributed by atoms with Crippen LogP contribution in [0.1, 0.15) is 51.0 Å². The molecule has 12 heteroatoms. The van der Waals surface area contributed by atoms with Crippen LogP contribution in [-0.2, 0) is 14.3 Å². The van der Waals surface area contributed by atoms with E-state index in [0.29, 0.717) is 12.8 Å². The van der Waals surface area contributed by atoms with E-state index < -0.39 is 53.7 Å². The van der Waals surface area contributed by atoms with Gasteiger partial charge in [0.1, 0.15) is 52.3 Å². The number of hydrogen-bond acceptors (Lipinski definition) is 8. The molecule has 1 saturated carbocycles. The van der Waals surface area contributed by atoms with Crippen molar-refractivity contribution in [2.75, 3.05) is 13.7 Å². The number of hydrogen-bond donors (Lipinski definition) is 2. The van der Waals surface area contributed by atoms with Crippen LogP contribution < -0.4 is 0 Å². The highest BCUT2D eigenvalue weighted by Crippen LogP contribution is 2.41. The van der Waals surface area contributed by atoms with Crippen molar-refractivity contribution in [1.29, 1.82) is 0 Å². The second kappa shape index (κ2) is 10.3. The number of ether oxygens (including phenoxy) is 2. The number of aliphatic hydroxyl groups excluding tert-OH is 2. The van der Waals surface area contributed by atoms with Gasteiger partial charge in [0, 0.05) is 25.5 Å². The summed E-state index contributed by atoms with van der Waals surface area (Å²) in [6.45, 7) is -0.424. The summed E-state index contributed by atoms with van der Waals surface area (Å²) in [5, 5.41) is 32.8. The zero-order chi connectivity index (χ0) is 25.4. The van der Waals surface area contributed by atoms with Gasteiger partial charge in [-0.25, -0.2) is 13.5 Å². The molecule has 36 heavy (non-hydrogen) atoms. The molecule has 0 radical (unpaired) electrons. The van der Waals surface area contributed by atoms with Crippen molar-refractivity contribution < 1.29 is 33.3 Å². The first kappa shape index (κ1) is 25.5. The van der Waals surface area contributed by atoms with Crippen LogP contribution in [0.5, 0.6) is 0 Å². The van der Waals surface area contributed by atoms with E-state index in [9.17, 15) is 19.0 Å². The van der Waals surface area contributed by atoms with Gasteiger partial charge in [-0.05, 0) is 37.8 Å². The zero-order valence-corrected chi connectivity index (χ0v) is 20.6. The standard InChI is InChI=1S/C24H29ClF2N4O5/c1-34-23-18(9-14-10-24(36-29-14)5-3-2-4-6-24)35-19(12-32)22(33)21(23)31-11-17(28-30-31)13-7-15(26)20(25)16(27)8-13/h7-8,11,18-19,21-23,32-33H,2-6,9-10,12H2,1H3. The van der Waals surface area contributed by atoms with Gasteiger partial charge < -0.3 is 24.5 Å². The topological polar surface area (TPSA) is 111 Å². The van der Waals surface area contributed by atoms with Crippen LogP contribution in [0.4, 0.5) is 8.78 Å². The molecule has 0 bridgehead atoms. The van der Waals surface area contributed by atoms with Crippen molar-refractivity contribution in [3.63, 3.8) is 0 Å². The highest BCUT2D eigenvalue weighted by molar-refractivity contribution is 6.31. The minimum Gasteiger partial charge on any atom is -0.394 e. The molecular formula is C24H29ClF2N4O5. The van der Waals surface area contributed by atoms with E-state index in [1.165, 1.54) is 24.4 Å². The lowest BCUT2D eigenvalue weighted by Crippen LogP contribution is -2.57. The summed E-state index contributed by atoms with van der Waals surface area (Å²) in [5.41, 5.74) is 0.927. The SMILES string of the molecule is COC1C(CC2=NOC3(CCCCC3)C2)OC(CO)C(O)C1n1cc(-c2cc(F)c(Cl)c(F)c2)nn1. The Kier molecular flexibility index (Phi) is 7.28. The number of benzene rings is 1. The van der Waals surface area contributed by atoms with Gasteiger partial charge >= 0.3 is 0 Å². The van der Waals surface area contributed by atoms with Crippen LogP contribution in [0.15, 0.2) is 23.5 Å². The van der Waals surface area contributed by atoms with Crippen molar-refractivity contribution in [2.45, 2.75) is 81.0 Å². The molecule has 1 aromatic carbocycles. The van der Waals surface area contributed by atoms with Crippen LogP contribution in [0, 0.1) is 11.6 Å². The van der Waals surface area contributed by atoms with E-state index in [1.807, 2.05) is 0 Å². The first-order valence-corrected chi connectivity index (χ1v) is 12.5. The van der Waals surface area contributed by atoms with Gasteiger partial charge in [0.05, 0.1) is 24.6 Å². The highest BCUT2D eigenvalue weighted by atomic mass is 35.5. The van der Waals surface area contributed by atoms with Gasteiger partial charge in [0.2, 0.25) is 0 Å². The lowest BCUT2D eigenvalue weighted by Gasteiger charge is -2.43. The highest BCUT2D eigenvalue weighted by Gasteiger charge is 2.49. The second-order valence-corrected chi connectivity index (χ2v) is 10.2. The summed E-state index contributed by atoms with van der Waals surface area (Å²) in [4.78, 5) is 5.86. The summed E-state index contributed by atoms with van der Waals surface area (Å²) < 4.78 is 41.2. The Morgan fingerprint density at radius 2 is 1.92 bits per heavy atom. The fourth-order valence-electron chi connectivity index (χ4n) is 5.59. The Bertz CT molecular complexity index is 1100. The molecule has 1 spiro atoms. The Morgan fingerprint density at radius 1 is 1.19 bits per heavy atom. The number of aliphatic hydroxyl groups is 2. The Morgan fingerprint density at radius 3 is 2.58 bits per heavy atom. The van der Waals surface area contributed by atoms with Crippen molar-refractivity contribution in [3.05, 3.63) is 35.0 Å². The average molecular weight is 527 g/mol. The average Bonchev–Trinajstić information content (AvgIpc) is 3.51. The van der Waals surface area contributed by atoms with Gasteiger partial charge in [0.25, 0.3) is 0 Å². The predicted octanol–water partition coefficient (Wildman–Crippen LogP) is 3.42. The molecule has 2 aromatic rings. The second-order valence-electron chi connectivity index (χ2n) is 9.79. The van der Waals surface area contributed by atoms with Gasteiger partial charge in [-0.2, -0.15) is 0 Å². The number of halogens is 3. The van der Waals surface area contributed by atoms with E-state index in [4.69, 9.17) is 25.9 Å². The first-order valence-electron chi connectivity index (χ1n) is 12.1.